The van der Waals surface area contributed by atoms with Crippen LogP contribution in [-0.4, -0.2) is 41.6 Å². The first-order valence-electron chi connectivity index (χ1n) is 15.0. The topological polar surface area (TPSA) is 82.1 Å². The van der Waals surface area contributed by atoms with E-state index < -0.39 is 5.97 Å². The fourth-order valence-electron chi connectivity index (χ4n) is 10.2. The lowest BCUT2D eigenvalue weighted by Gasteiger charge is -2.58. The summed E-state index contributed by atoms with van der Waals surface area (Å²) in [4.78, 5) is 23.0. The van der Waals surface area contributed by atoms with Crippen molar-refractivity contribution < 1.29 is 28.9 Å². The number of carbonyl (C=O) groups is 2. The molecule has 2 heterocycles. The van der Waals surface area contributed by atoms with Crippen molar-refractivity contribution in [1.82, 2.24) is 0 Å². The molecule has 0 aromatic heterocycles. The molecule has 5 fully saturated rings. The first kappa shape index (κ1) is 25.9. The van der Waals surface area contributed by atoms with Gasteiger partial charge < -0.3 is 19.3 Å². The molecule has 37 heavy (non-hydrogen) atoms. The second kappa shape index (κ2) is 9.08. The van der Waals surface area contributed by atoms with Gasteiger partial charge in [-0.05, 0) is 85.4 Å². The van der Waals surface area contributed by atoms with Gasteiger partial charge in [0.15, 0.2) is 5.79 Å². The molecule has 1 N–H and O–H groups in total. The molecule has 6 nitrogen and oxygen atoms in total. The zero-order valence-corrected chi connectivity index (χ0v) is 23.2. The van der Waals surface area contributed by atoms with Crippen LogP contribution < -0.4 is 0 Å². The first-order valence-corrected chi connectivity index (χ1v) is 15.0. The van der Waals surface area contributed by atoms with Gasteiger partial charge in [0.05, 0.1) is 25.6 Å². The number of carboxylic acid groups (broad SMARTS) is 1. The number of allylic oxidation sites excluding steroid dienone is 1. The van der Waals surface area contributed by atoms with E-state index in [0.717, 1.165) is 38.7 Å². The first-order chi connectivity index (χ1) is 17.6. The van der Waals surface area contributed by atoms with Crippen molar-refractivity contribution in [3.63, 3.8) is 0 Å². The van der Waals surface area contributed by atoms with Crippen LogP contribution in [0.2, 0.25) is 0 Å². The van der Waals surface area contributed by atoms with Crippen molar-refractivity contribution in [3.8, 4) is 0 Å². The van der Waals surface area contributed by atoms with Crippen molar-refractivity contribution >= 4 is 11.9 Å². The van der Waals surface area contributed by atoms with E-state index in [-0.39, 0.29) is 36.1 Å². The smallest absolute Gasteiger partial charge is 0.306 e. The molecule has 4 aliphatic carbocycles. The number of rotatable bonds is 4. The Kier molecular flexibility index (Phi) is 6.34. The van der Waals surface area contributed by atoms with E-state index in [0.29, 0.717) is 47.0 Å². The van der Waals surface area contributed by atoms with Crippen LogP contribution in [0.1, 0.15) is 98.3 Å². The predicted molar refractivity (Wildman–Crippen MR) is 138 cm³/mol. The summed E-state index contributed by atoms with van der Waals surface area (Å²) in [7, 11) is 0. The third kappa shape index (κ3) is 4.02. The second-order valence-electron chi connectivity index (χ2n) is 14.0. The minimum absolute atomic E-state index is 0.0404. The van der Waals surface area contributed by atoms with E-state index in [1.165, 1.54) is 31.3 Å². The number of aliphatic carboxylic acids is 1. The Labute approximate surface area is 221 Å². The zero-order valence-electron chi connectivity index (χ0n) is 23.2. The summed E-state index contributed by atoms with van der Waals surface area (Å²) in [5.74, 6) is 2.08. The minimum Gasteiger partial charge on any atom is -0.481 e. The second-order valence-corrected chi connectivity index (χ2v) is 14.0. The van der Waals surface area contributed by atoms with Gasteiger partial charge in [0, 0.05) is 18.8 Å². The van der Waals surface area contributed by atoms with Crippen molar-refractivity contribution in [2.45, 2.75) is 116 Å². The Morgan fingerprint density at radius 3 is 2.62 bits per heavy atom. The van der Waals surface area contributed by atoms with E-state index in [1.54, 1.807) is 0 Å². The monoisotopic (exact) mass is 514 g/mol. The normalized spacial score (nSPS) is 50.4. The fourth-order valence-corrected chi connectivity index (χ4v) is 10.2. The molecular formula is C31H46O6. The Balaban J connectivity index is 1.16. The highest BCUT2D eigenvalue weighted by molar-refractivity contribution is 5.76. The number of hydrogen-bond donors (Lipinski definition) is 1. The lowest BCUT2D eigenvalue weighted by Crippen LogP contribution is -2.52. The summed E-state index contributed by atoms with van der Waals surface area (Å²) >= 11 is 0. The molecule has 11 atom stereocenters. The molecule has 0 aromatic carbocycles. The molecule has 6 heteroatoms. The molecular weight excluding hydrogens is 468 g/mol. The van der Waals surface area contributed by atoms with Gasteiger partial charge in [-0.3, -0.25) is 9.59 Å². The molecule has 0 radical (unpaired) electrons. The zero-order chi connectivity index (χ0) is 26.2. The average molecular weight is 515 g/mol. The van der Waals surface area contributed by atoms with E-state index in [9.17, 15) is 9.59 Å². The maximum Gasteiger partial charge on any atom is 0.306 e. The SMILES string of the molecule is CC1CC[C@@]2(OC1)OC1CC3C4CC=C5CC(OC(=O)CCC(=O)O)CC[C@]5(C)C4CC[C@]3(C)C1C2C. The Morgan fingerprint density at radius 1 is 1.08 bits per heavy atom. The standard InChI is InChI=1S/C31H46O6/c1-18-9-14-31(35-17-18)19(2)28-25(37-31)16-24-22-6-5-20-15-21(36-27(34)8-7-26(32)33)10-12-29(20,3)23(22)11-13-30(24,28)4/h5,18-19,21-25,28H,6-17H2,1-4H3,(H,32,33)/t18?,19?,21?,22?,23?,24?,25?,28?,29-,30-,31+/m0/s1. The van der Waals surface area contributed by atoms with E-state index in [4.69, 9.17) is 19.3 Å². The van der Waals surface area contributed by atoms with Gasteiger partial charge in [-0.15, -0.1) is 0 Å². The van der Waals surface area contributed by atoms with Gasteiger partial charge in [0.2, 0.25) is 0 Å². The highest BCUT2D eigenvalue weighted by atomic mass is 16.7. The molecule has 2 aliphatic heterocycles. The fraction of sp³-hybridized carbons (Fsp3) is 0.871. The molecule has 0 amide bonds. The molecule has 3 saturated carbocycles. The van der Waals surface area contributed by atoms with Crippen LogP contribution in [0.5, 0.6) is 0 Å². The molecule has 0 bridgehead atoms. The van der Waals surface area contributed by atoms with Gasteiger partial charge >= 0.3 is 11.9 Å². The van der Waals surface area contributed by atoms with Crippen LogP contribution in [0.4, 0.5) is 0 Å². The summed E-state index contributed by atoms with van der Waals surface area (Å²) < 4.78 is 19.1. The van der Waals surface area contributed by atoms with Gasteiger partial charge in [0.25, 0.3) is 0 Å². The van der Waals surface area contributed by atoms with E-state index in [2.05, 4.69) is 33.8 Å². The lowest BCUT2D eigenvalue weighted by molar-refractivity contribution is -0.272. The van der Waals surface area contributed by atoms with Gasteiger partial charge in [-0.25, -0.2) is 0 Å². The summed E-state index contributed by atoms with van der Waals surface area (Å²) in [6.07, 6.45) is 12.4. The van der Waals surface area contributed by atoms with Crippen LogP contribution >= 0.6 is 0 Å². The lowest BCUT2D eigenvalue weighted by atomic mass is 9.47. The van der Waals surface area contributed by atoms with Gasteiger partial charge in [0.1, 0.15) is 6.10 Å². The molecule has 8 unspecified atom stereocenters. The molecule has 6 aliphatic rings. The van der Waals surface area contributed by atoms with Gasteiger partial charge in [-0.1, -0.05) is 39.3 Å². The Hall–Kier alpha value is -1.40. The number of carboxylic acids is 1. The maximum atomic E-state index is 12.2. The van der Waals surface area contributed by atoms with Crippen LogP contribution in [0.25, 0.3) is 0 Å². The van der Waals surface area contributed by atoms with Crippen LogP contribution in [0.15, 0.2) is 11.6 Å². The van der Waals surface area contributed by atoms with Crippen molar-refractivity contribution in [2.24, 2.45) is 46.3 Å². The number of ether oxygens (including phenoxy) is 3. The van der Waals surface area contributed by atoms with Crippen molar-refractivity contribution in [1.29, 1.82) is 0 Å². The molecule has 206 valence electrons. The van der Waals surface area contributed by atoms with Crippen LogP contribution in [-0.2, 0) is 23.8 Å². The van der Waals surface area contributed by atoms with Crippen LogP contribution in [0, 0.1) is 46.3 Å². The predicted octanol–water partition coefficient (Wildman–Crippen LogP) is 6.13. The van der Waals surface area contributed by atoms with E-state index >= 15 is 0 Å². The third-order valence-corrected chi connectivity index (χ3v) is 12.2. The summed E-state index contributed by atoms with van der Waals surface area (Å²) in [6, 6.07) is 0. The quantitative estimate of drug-likeness (QED) is 0.359. The number of fused-ring (bicyclic) bond motifs is 7. The summed E-state index contributed by atoms with van der Waals surface area (Å²) in [5.41, 5.74) is 1.98. The summed E-state index contributed by atoms with van der Waals surface area (Å²) in [6.45, 7) is 10.6. The number of hydrogen-bond acceptors (Lipinski definition) is 5. The minimum atomic E-state index is -0.953. The number of carbonyl (C=O) groups excluding carboxylic acids is 1. The van der Waals surface area contributed by atoms with Crippen molar-refractivity contribution in [2.75, 3.05) is 6.61 Å². The van der Waals surface area contributed by atoms with Crippen LogP contribution in [0.3, 0.4) is 0 Å². The average Bonchev–Trinajstić information content (AvgIpc) is 3.30. The summed E-state index contributed by atoms with van der Waals surface area (Å²) in [5, 5.41) is 8.86. The molecule has 6 rings (SSSR count). The maximum absolute atomic E-state index is 12.2. The van der Waals surface area contributed by atoms with Crippen molar-refractivity contribution in [3.05, 3.63) is 11.6 Å². The molecule has 0 aromatic rings. The van der Waals surface area contributed by atoms with E-state index in [1.807, 2.05) is 0 Å². The Morgan fingerprint density at radius 2 is 1.89 bits per heavy atom. The largest absolute Gasteiger partial charge is 0.481 e. The highest BCUT2D eigenvalue weighted by Gasteiger charge is 2.68. The highest BCUT2D eigenvalue weighted by Crippen LogP contribution is 2.70. The van der Waals surface area contributed by atoms with Gasteiger partial charge in [-0.2, -0.15) is 0 Å². The molecule has 1 spiro atoms. The molecule has 2 saturated heterocycles. The third-order valence-electron chi connectivity index (χ3n) is 12.2. The number of esters is 1. The Bertz CT molecular complexity index is 965.